The maximum absolute atomic E-state index is 12.1. The lowest BCUT2D eigenvalue weighted by Gasteiger charge is -2.24. The monoisotopic (exact) mass is 312 g/mol. The zero-order valence-electron chi connectivity index (χ0n) is 13.2. The lowest BCUT2D eigenvalue weighted by atomic mass is 10.1. The highest BCUT2D eigenvalue weighted by Gasteiger charge is 2.22. The van der Waals surface area contributed by atoms with Crippen molar-refractivity contribution in [3.05, 3.63) is 24.3 Å². The Morgan fingerprint density at radius 1 is 1.24 bits per heavy atom. The van der Waals surface area contributed by atoms with Crippen molar-refractivity contribution >= 4 is 21.4 Å². The van der Waals surface area contributed by atoms with Crippen LogP contribution >= 0.6 is 0 Å². The number of hydrogen-bond acceptors (Lipinski definition) is 4. The van der Waals surface area contributed by atoms with Gasteiger partial charge in [0.2, 0.25) is 5.91 Å². The Morgan fingerprint density at radius 3 is 2.33 bits per heavy atom. The molecule has 5 nitrogen and oxygen atoms in total. The number of anilines is 1. The molecule has 1 amide bonds. The fourth-order valence-corrected chi connectivity index (χ4v) is 2.85. The predicted octanol–water partition coefficient (Wildman–Crippen LogP) is 2.20. The van der Waals surface area contributed by atoms with Crippen LogP contribution in [0.2, 0.25) is 0 Å². The van der Waals surface area contributed by atoms with Crippen molar-refractivity contribution in [2.24, 2.45) is 0 Å². The van der Waals surface area contributed by atoms with Gasteiger partial charge in [0.25, 0.3) is 0 Å². The molecule has 0 radical (unpaired) electrons. The van der Waals surface area contributed by atoms with Crippen LogP contribution in [0, 0.1) is 0 Å². The van der Waals surface area contributed by atoms with Crippen LogP contribution in [0.15, 0.2) is 29.2 Å². The van der Waals surface area contributed by atoms with Gasteiger partial charge in [0.05, 0.1) is 16.3 Å². The van der Waals surface area contributed by atoms with Gasteiger partial charge in [0.1, 0.15) is 6.04 Å². The number of rotatable bonds is 5. The highest BCUT2D eigenvalue weighted by molar-refractivity contribution is 7.91. The number of sulfone groups is 1. The van der Waals surface area contributed by atoms with E-state index in [1.54, 1.807) is 38.1 Å². The van der Waals surface area contributed by atoms with E-state index < -0.39 is 15.9 Å². The van der Waals surface area contributed by atoms with Gasteiger partial charge in [-0.3, -0.25) is 4.79 Å². The molecule has 0 saturated heterocycles. The molecule has 1 rings (SSSR count). The first-order valence-corrected chi connectivity index (χ1v) is 8.62. The second-order valence-corrected chi connectivity index (χ2v) is 8.25. The first kappa shape index (κ1) is 17.5. The summed E-state index contributed by atoms with van der Waals surface area (Å²) in [6, 6.07) is 6.11. The zero-order chi connectivity index (χ0) is 16.3. The molecule has 1 aromatic carbocycles. The molecule has 118 valence electrons. The molecule has 1 atom stereocenters. The van der Waals surface area contributed by atoms with Crippen molar-refractivity contribution in [1.82, 2.24) is 5.32 Å². The maximum Gasteiger partial charge on any atom is 0.242 e. The summed E-state index contributed by atoms with van der Waals surface area (Å²) >= 11 is 0. The standard InChI is InChI=1S/C15H24N2O3S/c1-6-21(19,20)13-10-8-7-9-12(13)16-11(2)14(18)17-15(3,4)5/h7-11,16H,6H2,1-5H3,(H,17,18). The summed E-state index contributed by atoms with van der Waals surface area (Å²) in [4.78, 5) is 12.3. The molecular weight excluding hydrogens is 288 g/mol. The van der Waals surface area contributed by atoms with Crippen molar-refractivity contribution in [3.63, 3.8) is 0 Å². The lowest BCUT2D eigenvalue weighted by molar-refractivity contribution is -0.122. The third kappa shape index (κ3) is 5.04. The minimum Gasteiger partial charge on any atom is -0.373 e. The lowest BCUT2D eigenvalue weighted by Crippen LogP contribution is -2.47. The first-order valence-electron chi connectivity index (χ1n) is 6.97. The van der Waals surface area contributed by atoms with Crippen molar-refractivity contribution in [2.75, 3.05) is 11.1 Å². The smallest absolute Gasteiger partial charge is 0.242 e. The molecule has 0 aliphatic carbocycles. The van der Waals surface area contributed by atoms with Gasteiger partial charge >= 0.3 is 0 Å². The molecule has 0 fully saturated rings. The Balaban J connectivity index is 2.97. The summed E-state index contributed by atoms with van der Waals surface area (Å²) in [7, 11) is -3.33. The Labute approximate surface area is 127 Å². The van der Waals surface area contributed by atoms with Crippen molar-refractivity contribution in [2.45, 2.75) is 51.1 Å². The van der Waals surface area contributed by atoms with E-state index in [9.17, 15) is 13.2 Å². The van der Waals surface area contributed by atoms with Crippen molar-refractivity contribution in [1.29, 1.82) is 0 Å². The number of carbonyl (C=O) groups is 1. The van der Waals surface area contributed by atoms with Gasteiger partial charge in [0.15, 0.2) is 9.84 Å². The SMILES string of the molecule is CCS(=O)(=O)c1ccccc1NC(C)C(=O)NC(C)(C)C. The van der Waals surface area contributed by atoms with Gasteiger partial charge in [-0.1, -0.05) is 19.1 Å². The number of amides is 1. The quantitative estimate of drug-likeness (QED) is 0.874. The summed E-state index contributed by atoms with van der Waals surface area (Å²) < 4.78 is 24.1. The molecule has 6 heteroatoms. The van der Waals surface area contributed by atoms with Crippen LogP contribution in [0.5, 0.6) is 0 Å². The Hall–Kier alpha value is -1.56. The second kappa shape index (κ2) is 6.47. The van der Waals surface area contributed by atoms with Gasteiger partial charge in [0, 0.05) is 5.54 Å². The van der Waals surface area contributed by atoms with E-state index in [0.29, 0.717) is 5.69 Å². The fraction of sp³-hybridized carbons (Fsp3) is 0.533. The van der Waals surface area contributed by atoms with E-state index in [2.05, 4.69) is 10.6 Å². The van der Waals surface area contributed by atoms with Crippen LogP contribution in [0.4, 0.5) is 5.69 Å². The summed E-state index contributed by atoms with van der Waals surface area (Å²) in [6.45, 7) is 8.99. The average Bonchev–Trinajstić information content (AvgIpc) is 2.37. The Bertz CT molecular complexity index is 604. The van der Waals surface area contributed by atoms with Crippen molar-refractivity contribution in [3.8, 4) is 0 Å². The van der Waals surface area contributed by atoms with Crippen LogP contribution in [0.1, 0.15) is 34.6 Å². The van der Waals surface area contributed by atoms with Gasteiger partial charge < -0.3 is 10.6 Å². The third-order valence-electron chi connectivity index (χ3n) is 2.87. The highest BCUT2D eigenvalue weighted by Crippen LogP contribution is 2.22. The first-order chi connectivity index (χ1) is 9.57. The molecule has 0 aliphatic rings. The molecule has 0 spiro atoms. The van der Waals surface area contributed by atoms with E-state index in [4.69, 9.17) is 0 Å². The summed E-state index contributed by atoms with van der Waals surface area (Å²) in [5.41, 5.74) is 0.123. The van der Waals surface area contributed by atoms with Crippen LogP contribution < -0.4 is 10.6 Å². The summed E-state index contributed by atoms with van der Waals surface area (Å²) in [6.07, 6.45) is 0. The van der Waals surface area contributed by atoms with E-state index in [-0.39, 0.29) is 22.1 Å². The predicted molar refractivity (Wildman–Crippen MR) is 85.1 cm³/mol. The van der Waals surface area contributed by atoms with E-state index in [1.165, 1.54) is 0 Å². The number of nitrogens with one attached hydrogen (secondary N) is 2. The average molecular weight is 312 g/mol. The van der Waals surface area contributed by atoms with Gasteiger partial charge in [-0.15, -0.1) is 0 Å². The molecule has 0 saturated carbocycles. The molecule has 0 bridgehead atoms. The molecule has 21 heavy (non-hydrogen) atoms. The molecule has 1 unspecified atom stereocenters. The third-order valence-corrected chi connectivity index (χ3v) is 4.65. The van der Waals surface area contributed by atoms with Gasteiger partial charge in [-0.05, 0) is 39.8 Å². The second-order valence-electron chi connectivity index (χ2n) is 6.00. The topological polar surface area (TPSA) is 75.3 Å². The number of para-hydroxylation sites is 1. The zero-order valence-corrected chi connectivity index (χ0v) is 14.0. The van der Waals surface area contributed by atoms with E-state index in [0.717, 1.165) is 0 Å². The van der Waals surface area contributed by atoms with Gasteiger partial charge in [-0.25, -0.2) is 8.42 Å². The Kier molecular flexibility index (Phi) is 5.39. The molecule has 2 N–H and O–H groups in total. The minimum atomic E-state index is -3.33. The molecule has 1 aromatic rings. The Morgan fingerprint density at radius 2 is 1.81 bits per heavy atom. The van der Waals surface area contributed by atoms with E-state index >= 15 is 0 Å². The van der Waals surface area contributed by atoms with Gasteiger partial charge in [-0.2, -0.15) is 0 Å². The maximum atomic E-state index is 12.1. The summed E-state index contributed by atoms with van der Waals surface area (Å²) in [5.74, 6) is -0.153. The van der Waals surface area contributed by atoms with E-state index in [1.807, 2.05) is 20.8 Å². The van der Waals surface area contributed by atoms with Crippen LogP contribution in [-0.2, 0) is 14.6 Å². The number of hydrogen-bond donors (Lipinski definition) is 2. The van der Waals surface area contributed by atoms with Crippen LogP contribution in [-0.4, -0.2) is 31.7 Å². The minimum absolute atomic E-state index is 0.0221. The molecule has 0 aromatic heterocycles. The number of carbonyl (C=O) groups excluding carboxylic acids is 1. The largest absolute Gasteiger partial charge is 0.373 e. The van der Waals surface area contributed by atoms with Crippen LogP contribution in [0.25, 0.3) is 0 Å². The summed E-state index contributed by atoms with van der Waals surface area (Å²) in [5, 5.41) is 5.84. The highest BCUT2D eigenvalue weighted by atomic mass is 32.2. The fourth-order valence-electron chi connectivity index (χ4n) is 1.79. The van der Waals surface area contributed by atoms with Crippen molar-refractivity contribution < 1.29 is 13.2 Å². The molecule has 0 heterocycles. The molecular formula is C15H24N2O3S. The number of benzene rings is 1. The normalized spacial score (nSPS) is 13.6. The molecule has 0 aliphatic heterocycles. The van der Waals surface area contributed by atoms with Crippen LogP contribution in [0.3, 0.4) is 0 Å².